The maximum absolute atomic E-state index is 13.4. The zero-order valence-electron chi connectivity index (χ0n) is 18.4. The number of benzene rings is 2. The van der Waals surface area contributed by atoms with E-state index in [-0.39, 0.29) is 12.1 Å². The lowest BCUT2D eigenvalue weighted by Gasteiger charge is -2.34. The molecule has 2 aromatic heterocycles. The fraction of sp³-hybridized carbons (Fsp3) is 0.269. The molecule has 0 aliphatic carbocycles. The van der Waals surface area contributed by atoms with Gasteiger partial charge in [-0.25, -0.2) is 4.98 Å². The van der Waals surface area contributed by atoms with E-state index in [0.717, 1.165) is 48.7 Å². The van der Waals surface area contributed by atoms with E-state index in [1.54, 1.807) is 4.57 Å². The van der Waals surface area contributed by atoms with Gasteiger partial charge in [0.15, 0.2) is 0 Å². The van der Waals surface area contributed by atoms with Crippen molar-refractivity contribution in [3.63, 3.8) is 0 Å². The van der Waals surface area contributed by atoms with Gasteiger partial charge in [0.05, 0.1) is 18.0 Å². The van der Waals surface area contributed by atoms with E-state index in [2.05, 4.69) is 40.1 Å². The molecule has 0 amide bonds. The summed E-state index contributed by atoms with van der Waals surface area (Å²) >= 11 is 1.49. The van der Waals surface area contributed by atoms with Crippen LogP contribution >= 0.6 is 11.3 Å². The third-order valence-corrected chi connectivity index (χ3v) is 7.04. The molecule has 5 rings (SSSR count). The predicted molar refractivity (Wildman–Crippen MR) is 132 cm³/mol. The van der Waals surface area contributed by atoms with Gasteiger partial charge in [0.2, 0.25) is 0 Å². The van der Waals surface area contributed by atoms with Crippen molar-refractivity contribution in [3.05, 3.63) is 87.8 Å². The van der Waals surface area contributed by atoms with E-state index in [9.17, 15) is 10.1 Å². The van der Waals surface area contributed by atoms with Crippen LogP contribution in [0.15, 0.2) is 70.8 Å². The Morgan fingerprint density at radius 2 is 1.55 bits per heavy atom. The van der Waals surface area contributed by atoms with Crippen molar-refractivity contribution in [2.45, 2.75) is 19.6 Å². The molecule has 0 saturated carbocycles. The lowest BCUT2D eigenvalue weighted by molar-refractivity contribution is 0.118. The minimum Gasteiger partial charge on any atom is -0.297 e. The lowest BCUT2D eigenvalue weighted by Crippen LogP contribution is -2.46. The highest BCUT2D eigenvalue weighted by molar-refractivity contribution is 7.17. The monoisotopic (exact) mass is 455 g/mol. The second-order valence-corrected chi connectivity index (χ2v) is 9.17. The Morgan fingerprint density at radius 3 is 2.21 bits per heavy atom. The topological polar surface area (TPSA) is 65.2 Å². The van der Waals surface area contributed by atoms with E-state index in [1.165, 1.54) is 16.9 Å². The maximum atomic E-state index is 13.4. The molecule has 1 aliphatic rings. The Labute approximate surface area is 197 Å². The van der Waals surface area contributed by atoms with Crippen LogP contribution in [0.25, 0.3) is 21.3 Å². The fourth-order valence-corrected chi connectivity index (χ4v) is 5.35. The quantitative estimate of drug-likeness (QED) is 0.440. The number of piperazine rings is 1. The number of rotatable bonds is 6. The Balaban J connectivity index is 1.37. The first-order valence-corrected chi connectivity index (χ1v) is 12.0. The predicted octanol–water partition coefficient (Wildman–Crippen LogP) is 3.97. The third kappa shape index (κ3) is 4.60. The molecule has 1 saturated heterocycles. The average Bonchev–Trinajstić information content (AvgIpc) is 3.28. The summed E-state index contributed by atoms with van der Waals surface area (Å²) in [6.07, 6.45) is 0. The molecular formula is C26H25N5OS. The van der Waals surface area contributed by atoms with Crippen LogP contribution in [-0.2, 0) is 19.6 Å². The minimum absolute atomic E-state index is 0.00908. The lowest BCUT2D eigenvalue weighted by atomic mass is 10.1. The summed E-state index contributed by atoms with van der Waals surface area (Å²) < 4.78 is 1.55. The first-order chi connectivity index (χ1) is 16.2. The van der Waals surface area contributed by atoms with E-state index in [0.29, 0.717) is 17.8 Å². The van der Waals surface area contributed by atoms with E-state index in [4.69, 9.17) is 4.98 Å². The second kappa shape index (κ2) is 9.67. The van der Waals surface area contributed by atoms with Gasteiger partial charge in [-0.1, -0.05) is 60.7 Å². The van der Waals surface area contributed by atoms with Gasteiger partial charge in [-0.15, -0.1) is 11.3 Å². The fourth-order valence-electron chi connectivity index (χ4n) is 4.40. The summed E-state index contributed by atoms with van der Waals surface area (Å²) in [6, 6.07) is 22.6. The Kier molecular flexibility index (Phi) is 6.31. The molecule has 2 aromatic carbocycles. The van der Waals surface area contributed by atoms with Crippen LogP contribution in [-0.4, -0.2) is 45.5 Å². The van der Waals surface area contributed by atoms with Gasteiger partial charge in [-0.3, -0.25) is 19.2 Å². The summed E-state index contributed by atoms with van der Waals surface area (Å²) in [5.74, 6) is 0.673. The Bertz CT molecular complexity index is 1330. The number of nitriles is 1. The molecule has 7 heteroatoms. The number of nitrogens with zero attached hydrogens (tertiary/aromatic N) is 5. The van der Waals surface area contributed by atoms with Crippen molar-refractivity contribution in [2.75, 3.05) is 26.2 Å². The zero-order valence-corrected chi connectivity index (χ0v) is 19.2. The average molecular weight is 456 g/mol. The van der Waals surface area contributed by atoms with Crippen LogP contribution in [0.4, 0.5) is 0 Å². The summed E-state index contributed by atoms with van der Waals surface area (Å²) in [4.78, 5) is 23.8. The van der Waals surface area contributed by atoms with Crippen LogP contribution in [0.2, 0.25) is 0 Å². The Hall–Kier alpha value is -3.31. The number of fused-ring (bicyclic) bond motifs is 1. The van der Waals surface area contributed by atoms with Crippen molar-refractivity contribution in [1.29, 1.82) is 5.26 Å². The molecule has 0 atom stereocenters. The van der Waals surface area contributed by atoms with Gasteiger partial charge >= 0.3 is 0 Å². The molecule has 33 heavy (non-hydrogen) atoms. The Morgan fingerprint density at radius 1 is 0.909 bits per heavy atom. The van der Waals surface area contributed by atoms with Gasteiger partial charge in [0, 0.05) is 43.7 Å². The van der Waals surface area contributed by atoms with E-state index in [1.807, 2.05) is 41.8 Å². The molecule has 4 aromatic rings. The van der Waals surface area contributed by atoms with Crippen LogP contribution in [0.5, 0.6) is 0 Å². The third-order valence-electron chi connectivity index (χ3n) is 6.17. The number of thiophene rings is 1. The molecule has 0 spiro atoms. The SMILES string of the molecule is N#CCn1c(CN2CCN(Cc3ccccc3)CC2)nc2scc(-c3ccccc3)c2c1=O. The van der Waals surface area contributed by atoms with E-state index >= 15 is 0 Å². The van der Waals surface area contributed by atoms with E-state index < -0.39 is 0 Å². The summed E-state index contributed by atoms with van der Waals surface area (Å²) in [6.45, 7) is 5.29. The number of hydrogen-bond acceptors (Lipinski definition) is 6. The van der Waals surface area contributed by atoms with Gasteiger partial charge in [0.25, 0.3) is 5.56 Å². The highest BCUT2D eigenvalue weighted by Gasteiger charge is 2.21. The number of hydrogen-bond donors (Lipinski definition) is 0. The van der Waals surface area contributed by atoms with Crippen LogP contribution in [0, 0.1) is 11.3 Å². The first kappa shape index (κ1) is 21.5. The van der Waals surface area contributed by atoms with Crippen molar-refractivity contribution >= 4 is 21.6 Å². The molecule has 0 unspecified atom stereocenters. The molecule has 0 bridgehead atoms. The molecule has 1 fully saturated rings. The summed E-state index contributed by atoms with van der Waals surface area (Å²) in [5, 5.41) is 12.0. The largest absolute Gasteiger partial charge is 0.297 e. The summed E-state index contributed by atoms with van der Waals surface area (Å²) in [5.41, 5.74) is 3.08. The van der Waals surface area contributed by atoms with Crippen molar-refractivity contribution in [2.24, 2.45) is 0 Å². The maximum Gasteiger partial charge on any atom is 0.263 e. The minimum atomic E-state index is -0.126. The van der Waals surface area contributed by atoms with Crippen molar-refractivity contribution < 1.29 is 0 Å². The first-order valence-electron chi connectivity index (χ1n) is 11.1. The standard InChI is InChI=1S/C26H25N5OS/c27-11-12-31-23(18-30-15-13-29(14-16-30)17-20-7-3-1-4-8-20)28-25-24(26(31)32)22(19-33-25)21-9-5-2-6-10-21/h1-10,19H,12-18H2. The highest BCUT2D eigenvalue weighted by atomic mass is 32.1. The summed E-state index contributed by atoms with van der Waals surface area (Å²) in [7, 11) is 0. The molecule has 0 N–H and O–H groups in total. The highest BCUT2D eigenvalue weighted by Crippen LogP contribution is 2.31. The van der Waals surface area contributed by atoms with Crippen molar-refractivity contribution in [3.8, 4) is 17.2 Å². The van der Waals surface area contributed by atoms with Gasteiger partial charge in [-0.05, 0) is 11.1 Å². The van der Waals surface area contributed by atoms with Crippen molar-refractivity contribution in [1.82, 2.24) is 19.4 Å². The smallest absolute Gasteiger partial charge is 0.263 e. The van der Waals surface area contributed by atoms with Crippen LogP contribution in [0.1, 0.15) is 11.4 Å². The van der Waals surface area contributed by atoms with Crippen LogP contribution < -0.4 is 5.56 Å². The number of aromatic nitrogens is 2. The molecule has 3 heterocycles. The van der Waals surface area contributed by atoms with Gasteiger partial charge < -0.3 is 0 Å². The normalized spacial score (nSPS) is 15.0. The second-order valence-electron chi connectivity index (χ2n) is 8.31. The molecular weight excluding hydrogens is 430 g/mol. The molecule has 166 valence electrons. The van der Waals surface area contributed by atoms with Gasteiger partial charge in [0.1, 0.15) is 17.2 Å². The zero-order chi connectivity index (χ0) is 22.6. The molecule has 6 nitrogen and oxygen atoms in total. The van der Waals surface area contributed by atoms with Crippen LogP contribution in [0.3, 0.4) is 0 Å². The molecule has 0 radical (unpaired) electrons. The van der Waals surface area contributed by atoms with Gasteiger partial charge in [-0.2, -0.15) is 5.26 Å². The molecule has 1 aliphatic heterocycles.